The Morgan fingerprint density at radius 1 is 0.789 bits per heavy atom. The van der Waals surface area contributed by atoms with E-state index in [9.17, 15) is 43.9 Å². The van der Waals surface area contributed by atoms with E-state index >= 15 is 0 Å². The first-order valence-corrected chi connectivity index (χ1v) is 10.6. The van der Waals surface area contributed by atoms with Crippen LogP contribution in [-0.2, 0) is 6.11 Å². The molecular weight excluding hydrogens is 530 g/mol. The number of allylic oxidation sites excluding steroid dienone is 5. The van der Waals surface area contributed by atoms with Crippen molar-refractivity contribution in [3.8, 4) is 16.9 Å². The van der Waals surface area contributed by atoms with Gasteiger partial charge in [0.15, 0.2) is 17.5 Å². The second-order valence-electron chi connectivity index (χ2n) is 7.99. The van der Waals surface area contributed by atoms with Crippen molar-refractivity contribution < 1.29 is 48.6 Å². The zero-order chi connectivity index (χ0) is 28.5. The molecule has 11 heteroatoms. The average Bonchev–Trinajstić information content (AvgIpc) is 2.76. The van der Waals surface area contributed by atoms with Gasteiger partial charge >= 0.3 is 6.11 Å². The fourth-order valence-corrected chi connectivity index (χ4v) is 3.53. The van der Waals surface area contributed by atoms with Gasteiger partial charge in [-0.15, -0.1) is 0 Å². The van der Waals surface area contributed by atoms with Gasteiger partial charge in [-0.25, -0.2) is 35.1 Å². The molecule has 0 unspecified atom stereocenters. The lowest BCUT2D eigenvalue weighted by molar-refractivity contribution is -0.189. The van der Waals surface area contributed by atoms with Crippen molar-refractivity contribution in [3.63, 3.8) is 0 Å². The molecule has 0 heterocycles. The van der Waals surface area contributed by atoms with E-state index in [1.54, 1.807) is 0 Å². The maximum absolute atomic E-state index is 14.9. The molecule has 200 valence electrons. The lowest BCUT2D eigenvalue weighted by Crippen LogP contribution is -2.25. The summed E-state index contributed by atoms with van der Waals surface area (Å²) in [6, 6.07) is 1.77. The Kier molecular flexibility index (Phi) is 8.09. The molecule has 0 fully saturated rings. The quantitative estimate of drug-likeness (QED) is 0.163. The summed E-state index contributed by atoms with van der Waals surface area (Å²) < 4.78 is 146. The van der Waals surface area contributed by atoms with Crippen LogP contribution in [-0.4, -0.2) is 0 Å². The third-order valence-corrected chi connectivity index (χ3v) is 5.10. The highest BCUT2D eigenvalue weighted by Gasteiger charge is 2.42. The predicted octanol–water partition coefficient (Wildman–Crippen LogP) is 9.29. The fourth-order valence-electron chi connectivity index (χ4n) is 3.53. The number of hydrogen-bond acceptors (Lipinski definition) is 1. The molecule has 0 saturated heterocycles. The molecule has 0 amide bonds. The van der Waals surface area contributed by atoms with Gasteiger partial charge < -0.3 is 4.74 Å². The Bertz CT molecular complexity index is 1420. The number of rotatable bonds is 7. The summed E-state index contributed by atoms with van der Waals surface area (Å²) in [6.45, 7) is 6.37. The van der Waals surface area contributed by atoms with Crippen molar-refractivity contribution in [2.75, 3.05) is 0 Å². The van der Waals surface area contributed by atoms with Crippen molar-refractivity contribution in [1.82, 2.24) is 0 Å². The first-order valence-electron chi connectivity index (χ1n) is 10.6. The van der Waals surface area contributed by atoms with E-state index < -0.39 is 75.1 Å². The molecule has 0 aliphatic heterocycles. The highest BCUT2D eigenvalue weighted by atomic mass is 19.3. The van der Waals surface area contributed by atoms with E-state index in [1.807, 2.05) is 0 Å². The molecule has 0 spiro atoms. The minimum absolute atomic E-state index is 0.0240. The molecule has 3 aromatic carbocycles. The Morgan fingerprint density at radius 2 is 1.29 bits per heavy atom. The highest BCUT2D eigenvalue weighted by molar-refractivity contribution is 5.79. The molecule has 0 bridgehead atoms. The maximum Gasteiger partial charge on any atom is 0.432 e. The summed E-state index contributed by atoms with van der Waals surface area (Å²) >= 11 is 0. The fraction of sp³-hybridized carbons (Fsp3) is 0.111. The van der Waals surface area contributed by atoms with Crippen LogP contribution in [0.4, 0.5) is 43.9 Å². The van der Waals surface area contributed by atoms with Crippen LogP contribution in [0.25, 0.3) is 16.7 Å². The predicted molar refractivity (Wildman–Crippen MR) is 120 cm³/mol. The summed E-state index contributed by atoms with van der Waals surface area (Å²) in [7, 11) is 0. The smallest absolute Gasteiger partial charge is 0.429 e. The summed E-state index contributed by atoms with van der Waals surface area (Å²) in [4.78, 5) is 0. The van der Waals surface area contributed by atoms with Crippen LogP contribution in [0.15, 0.2) is 66.5 Å². The van der Waals surface area contributed by atoms with Gasteiger partial charge in [-0.1, -0.05) is 18.2 Å². The molecule has 0 atom stereocenters. The molecule has 0 aromatic heterocycles. The third-order valence-electron chi connectivity index (χ3n) is 5.10. The van der Waals surface area contributed by atoms with E-state index in [0.29, 0.717) is 17.7 Å². The average molecular weight is 546 g/mol. The molecule has 0 aliphatic carbocycles. The number of ether oxygens (including phenoxy) is 1. The van der Waals surface area contributed by atoms with Crippen LogP contribution < -0.4 is 4.74 Å². The third kappa shape index (κ3) is 5.76. The van der Waals surface area contributed by atoms with Crippen LogP contribution in [0.3, 0.4) is 0 Å². The van der Waals surface area contributed by atoms with Gasteiger partial charge in [0.2, 0.25) is 0 Å². The van der Waals surface area contributed by atoms with Crippen molar-refractivity contribution >= 4 is 5.57 Å². The number of alkyl halides is 2. The molecule has 0 aliphatic rings. The lowest BCUT2D eigenvalue weighted by atomic mass is 9.96. The molecule has 38 heavy (non-hydrogen) atoms. The largest absolute Gasteiger partial charge is 0.432 e. The number of halogens is 10. The molecule has 0 radical (unpaired) electrons. The van der Waals surface area contributed by atoms with E-state index in [1.165, 1.54) is 19.9 Å². The van der Waals surface area contributed by atoms with Crippen LogP contribution in [0.5, 0.6) is 5.75 Å². The summed E-state index contributed by atoms with van der Waals surface area (Å²) in [5, 5.41) is 0. The van der Waals surface area contributed by atoms with Gasteiger partial charge in [-0.3, -0.25) is 0 Å². The van der Waals surface area contributed by atoms with Gasteiger partial charge in [0.1, 0.15) is 40.4 Å². The molecule has 3 rings (SSSR count). The maximum atomic E-state index is 14.9. The van der Waals surface area contributed by atoms with Crippen molar-refractivity contribution in [2.45, 2.75) is 20.0 Å². The first kappa shape index (κ1) is 28.5. The Labute approximate surface area is 210 Å². The van der Waals surface area contributed by atoms with Crippen molar-refractivity contribution in [1.29, 1.82) is 0 Å². The van der Waals surface area contributed by atoms with Gasteiger partial charge in [-0.05, 0) is 55.3 Å². The van der Waals surface area contributed by atoms with Crippen molar-refractivity contribution in [3.05, 3.63) is 118 Å². The summed E-state index contributed by atoms with van der Waals surface area (Å²) in [5.41, 5.74) is -4.06. The van der Waals surface area contributed by atoms with Crippen LogP contribution in [0, 0.1) is 40.7 Å². The van der Waals surface area contributed by atoms with Gasteiger partial charge in [0.05, 0.1) is 5.56 Å². The van der Waals surface area contributed by atoms with E-state index in [4.69, 9.17) is 0 Å². The normalized spacial score (nSPS) is 12.6. The monoisotopic (exact) mass is 546 g/mol. The first-order chi connectivity index (χ1) is 17.7. The summed E-state index contributed by atoms with van der Waals surface area (Å²) in [5.74, 6) is -14.8. The molecule has 1 nitrogen and oxygen atoms in total. The van der Waals surface area contributed by atoms with E-state index in [-0.39, 0.29) is 35.4 Å². The Balaban J connectivity index is 2.04. The molecule has 3 aromatic rings. The second kappa shape index (κ2) is 10.8. The van der Waals surface area contributed by atoms with E-state index in [2.05, 4.69) is 11.3 Å². The number of hydrogen-bond donors (Lipinski definition) is 0. The van der Waals surface area contributed by atoms with Gasteiger partial charge in [-0.2, -0.15) is 8.78 Å². The van der Waals surface area contributed by atoms with Crippen molar-refractivity contribution in [2.24, 2.45) is 0 Å². The summed E-state index contributed by atoms with van der Waals surface area (Å²) in [6.07, 6.45) is -2.66. The zero-order valence-electron chi connectivity index (χ0n) is 19.5. The Hall–Kier alpha value is -4.02. The standard InChI is InChI=1S/C27H16F10O/c1-4-16(17(28)5-12(2)3)13-6-18(29)24(19(30)7-13)14-8-20(31)25(21(32)9-14)27(36,37)38-15-10-22(33)26(35)23(34)11-15/h4-11H,2H2,1,3H3/b16-4-,17-5+. The molecule has 0 N–H and O–H groups in total. The molecule has 0 saturated carbocycles. The number of benzene rings is 3. The molecular formula is C27H16F10O. The van der Waals surface area contributed by atoms with Gasteiger partial charge in [0.25, 0.3) is 0 Å². The lowest BCUT2D eigenvalue weighted by Gasteiger charge is -2.20. The van der Waals surface area contributed by atoms with E-state index in [0.717, 1.165) is 6.08 Å². The topological polar surface area (TPSA) is 9.23 Å². The highest BCUT2D eigenvalue weighted by Crippen LogP contribution is 2.39. The minimum Gasteiger partial charge on any atom is -0.429 e. The van der Waals surface area contributed by atoms with Crippen LogP contribution in [0.2, 0.25) is 0 Å². The van der Waals surface area contributed by atoms with Crippen LogP contribution in [0.1, 0.15) is 25.0 Å². The SMILES string of the molecule is C=C(C)/C=C(F)\C(=C/C)c1cc(F)c(-c2cc(F)c(C(F)(F)Oc3cc(F)c(F)c(F)c3)c(F)c2)c(F)c1. The van der Waals surface area contributed by atoms with Gasteiger partial charge in [0, 0.05) is 17.7 Å². The Morgan fingerprint density at radius 3 is 1.74 bits per heavy atom. The second-order valence-corrected chi connectivity index (χ2v) is 7.99. The van der Waals surface area contributed by atoms with Crippen LogP contribution >= 0.6 is 0 Å². The minimum atomic E-state index is -4.89. The zero-order valence-corrected chi connectivity index (χ0v) is 19.5.